The van der Waals surface area contributed by atoms with E-state index in [4.69, 9.17) is 10.5 Å². The number of aromatic nitrogens is 2. The summed E-state index contributed by atoms with van der Waals surface area (Å²) in [5.74, 6) is 1.04. The molecule has 3 N–H and O–H groups in total. The lowest BCUT2D eigenvalue weighted by molar-refractivity contribution is -0.154. The predicted molar refractivity (Wildman–Crippen MR) is 110 cm³/mol. The molecule has 156 valence electrons. The number of carbonyl (C=O) groups excluding carboxylic acids is 1. The molecule has 0 aliphatic carbocycles. The summed E-state index contributed by atoms with van der Waals surface area (Å²) >= 11 is 0. The first kappa shape index (κ1) is 20.0. The fourth-order valence-electron chi connectivity index (χ4n) is 4.48. The van der Waals surface area contributed by atoms with E-state index in [1.54, 1.807) is 6.07 Å². The van der Waals surface area contributed by atoms with Gasteiger partial charge in [-0.05, 0) is 30.9 Å². The average molecular weight is 399 g/mol. The molecular formula is C21H29N5O3. The Kier molecular flexibility index (Phi) is 5.94. The number of hydrogen-bond acceptors (Lipinski definition) is 6. The Labute approximate surface area is 170 Å². The fraction of sp³-hybridized carbons (Fsp3) is 0.571. The van der Waals surface area contributed by atoms with Crippen molar-refractivity contribution in [2.75, 3.05) is 32.8 Å². The minimum Gasteiger partial charge on any atom is -0.366 e. The van der Waals surface area contributed by atoms with Crippen LogP contribution in [0.4, 0.5) is 0 Å². The quantitative estimate of drug-likeness (QED) is 0.785. The molecule has 4 rings (SSSR count). The molecule has 2 saturated heterocycles. The van der Waals surface area contributed by atoms with Gasteiger partial charge in [0, 0.05) is 32.2 Å². The van der Waals surface area contributed by atoms with Crippen LogP contribution in [0.15, 0.2) is 29.1 Å². The Bertz CT molecular complexity index is 930. The summed E-state index contributed by atoms with van der Waals surface area (Å²) in [5.41, 5.74) is 6.49. The minimum absolute atomic E-state index is 0.0247. The van der Waals surface area contributed by atoms with Gasteiger partial charge in [-0.3, -0.25) is 14.5 Å². The minimum atomic E-state index is -0.504. The lowest BCUT2D eigenvalue weighted by Crippen LogP contribution is -2.57. The maximum atomic E-state index is 13.1. The number of amides is 1. The molecule has 2 aliphatic rings. The van der Waals surface area contributed by atoms with Crippen molar-refractivity contribution in [3.8, 4) is 0 Å². The zero-order valence-electron chi connectivity index (χ0n) is 16.8. The third-order valence-electron chi connectivity index (χ3n) is 6.10. The molecule has 2 aliphatic heterocycles. The maximum Gasteiger partial charge on any atom is 0.258 e. The Balaban J connectivity index is 1.46. The number of morpholine rings is 1. The molecule has 8 heteroatoms. The zero-order valence-corrected chi connectivity index (χ0v) is 16.8. The van der Waals surface area contributed by atoms with Crippen molar-refractivity contribution in [3.63, 3.8) is 0 Å². The Morgan fingerprint density at radius 1 is 1.34 bits per heavy atom. The SMILES string of the molecule is C[C@@H]1CCCN(C(=O)[C@@H]2CN(Cc3nc4ccccc4c(=O)[nH]3)CCO2)[C@@H]1CN. The first-order valence-electron chi connectivity index (χ1n) is 10.4. The highest BCUT2D eigenvalue weighted by atomic mass is 16.5. The second kappa shape index (κ2) is 8.61. The maximum absolute atomic E-state index is 13.1. The molecule has 0 saturated carbocycles. The van der Waals surface area contributed by atoms with Crippen LogP contribution in [0.2, 0.25) is 0 Å². The summed E-state index contributed by atoms with van der Waals surface area (Å²) < 4.78 is 5.82. The molecule has 0 bridgehead atoms. The molecule has 8 nitrogen and oxygen atoms in total. The van der Waals surface area contributed by atoms with Gasteiger partial charge < -0.3 is 20.4 Å². The van der Waals surface area contributed by atoms with Gasteiger partial charge >= 0.3 is 0 Å². The monoisotopic (exact) mass is 399 g/mol. The standard InChI is InChI=1S/C21H29N5O3/c1-14-5-4-8-26(17(14)11-22)21(28)18-12-25(9-10-29-18)13-19-23-16-7-3-2-6-15(16)20(27)24-19/h2-3,6-7,14,17-18H,4-5,8-13,22H2,1H3,(H,23,24,27)/t14-,17-,18+/m1/s1. The molecule has 3 heterocycles. The van der Waals surface area contributed by atoms with E-state index >= 15 is 0 Å². The molecule has 0 radical (unpaired) electrons. The van der Waals surface area contributed by atoms with Gasteiger partial charge in [0.1, 0.15) is 11.9 Å². The largest absolute Gasteiger partial charge is 0.366 e. The first-order chi connectivity index (χ1) is 14.1. The van der Waals surface area contributed by atoms with Crippen molar-refractivity contribution in [1.29, 1.82) is 0 Å². The summed E-state index contributed by atoms with van der Waals surface area (Å²) in [5, 5.41) is 0.582. The second-order valence-electron chi connectivity index (χ2n) is 8.08. The van der Waals surface area contributed by atoms with Gasteiger partial charge in [-0.15, -0.1) is 0 Å². The number of nitrogens with zero attached hydrogens (tertiary/aromatic N) is 3. The topological polar surface area (TPSA) is 105 Å². The van der Waals surface area contributed by atoms with Gasteiger partial charge in [0.05, 0.1) is 24.1 Å². The lowest BCUT2D eigenvalue weighted by atomic mass is 9.90. The Hall–Kier alpha value is -2.29. The molecule has 1 aromatic heterocycles. The van der Waals surface area contributed by atoms with E-state index in [9.17, 15) is 9.59 Å². The zero-order chi connectivity index (χ0) is 20.4. The first-order valence-corrected chi connectivity index (χ1v) is 10.4. The number of nitrogens with two attached hydrogens (primary N) is 1. The summed E-state index contributed by atoms with van der Waals surface area (Å²) in [6.45, 7) is 5.51. The van der Waals surface area contributed by atoms with Crippen molar-refractivity contribution in [3.05, 3.63) is 40.4 Å². The molecule has 0 spiro atoms. The number of carbonyl (C=O) groups is 1. The summed E-state index contributed by atoms with van der Waals surface area (Å²) in [4.78, 5) is 36.9. The van der Waals surface area contributed by atoms with Crippen molar-refractivity contribution in [2.45, 2.75) is 38.5 Å². The van der Waals surface area contributed by atoms with Gasteiger partial charge in [-0.25, -0.2) is 4.98 Å². The van der Waals surface area contributed by atoms with Crippen molar-refractivity contribution < 1.29 is 9.53 Å². The number of aromatic amines is 1. The molecule has 1 aromatic carbocycles. The molecular weight excluding hydrogens is 370 g/mol. The van der Waals surface area contributed by atoms with Gasteiger partial charge in [0.2, 0.25) is 0 Å². The second-order valence-corrected chi connectivity index (χ2v) is 8.08. The van der Waals surface area contributed by atoms with Gasteiger partial charge in [-0.1, -0.05) is 19.1 Å². The number of piperidine rings is 1. The van der Waals surface area contributed by atoms with Crippen LogP contribution in [0.5, 0.6) is 0 Å². The molecule has 3 atom stereocenters. The van der Waals surface area contributed by atoms with Crippen LogP contribution in [0.1, 0.15) is 25.6 Å². The number of fused-ring (bicyclic) bond motifs is 1. The number of ether oxygens (including phenoxy) is 1. The van der Waals surface area contributed by atoms with Crippen LogP contribution in [0.25, 0.3) is 10.9 Å². The number of benzene rings is 1. The van der Waals surface area contributed by atoms with Crippen molar-refractivity contribution in [2.24, 2.45) is 11.7 Å². The Morgan fingerprint density at radius 3 is 3.00 bits per heavy atom. The van der Waals surface area contributed by atoms with E-state index in [1.165, 1.54) is 0 Å². The smallest absolute Gasteiger partial charge is 0.258 e. The molecule has 1 amide bonds. The van der Waals surface area contributed by atoms with Gasteiger partial charge in [0.25, 0.3) is 11.5 Å². The molecule has 2 fully saturated rings. The van der Waals surface area contributed by atoms with E-state index < -0.39 is 6.10 Å². The van der Waals surface area contributed by atoms with Crippen molar-refractivity contribution in [1.82, 2.24) is 19.8 Å². The van der Waals surface area contributed by atoms with Gasteiger partial charge in [-0.2, -0.15) is 0 Å². The third-order valence-corrected chi connectivity index (χ3v) is 6.10. The highest BCUT2D eigenvalue weighted by molar-refractivity contribution is 5.82. The fourth-order valence-corrected chi connectivity index (χ4v) is 4.48. The van der Waals surface area contributed by atoms with Crippen molar-refractivity contribution >= 4 is 16.8 Å². The van der Waals surface area contributed by atoms with Crippen LogP contribution in [-0.2, 0) is 16.1 Å². The normalized spacial score (nSPS) is 26.0. The molecule has 0 unspecified atom stereocenters. The van der Waals surface area contributed by atoms with E-state index in [1.807, 2.05) is 23.1 Å². The Morgan fingerprint density at radius 2 is 2.17 bits per heavy atom. The van der Waals surface area contributed by atoms with E-state index in [0.717, 1.165) is 19.4 Å². The number of H-pyrrole nitrogens is 1. The molecule has 29 heavy (non-hydrogen) atoms. The van der Waals surface area contributed by atoms with Crippen LogP contribution >= 0.6 is 0 Å². The van der Waals surface area contributed by atoms with Crippen LogP contribution in [0.3, 0.4) is 0 Å². The highest BCUT2D eigenvalue weighted by Gasteiger charge is 2.36. The van der Waals surface area contributed by atoms with E-state index in [-0.39, 0.29) is 17.5 Å². The third kappa shape index (κ3) is 4.19. The summed E-state index contributed by atoms with van der Waals surface area (Å²) in [7, 11) is 0. The number of rotatable bonds is 4. The highest BCUT2D eigenvalue weighted by Crippen LogP contribution is 2.24. The van der Waals surface area contributed by atoms with Crippen LogP contribution in [0, 0.1) is 5.92 Å². The summed E-state index contributed by atoms with van der Waals surface area (Å²) in [6.07, 6.45) is 1.60. The van der Waals surface area contributed by atoms with Gasteiger partial charge in [0.15, 0.2) is 0 Å². The lowest BCUT2D eigenvalue weighted by Gasteiger charge is -2.42. The van der Waals surface area contributed by atoms with Crippen LogP contribution < -0.4 is 11.3 Å². The average Bonchev–Trinajstić information content (AvgIpc) is 2.73. The number of para-hydroxylation sites is 1. The van der Waals surface area contributed by atoms with Crippen LogP contribution in [-0.4, -0.2) is 70.6 Å². The van der Waals surface area contributed by atoms with E-state index in [0.29, 0.717) is 55.4 Å². The molecule has 2 aromatic rings. The number of hydrogen-bond donors (Lipinski definition) is 2. The number of likely N-dealkylation sites (tertiary alicyclic amines) is 1. The predicted octanol–water partition coefficient (Wildman–Crippen LogP) is 0.710. The number of nitrogens with one attached hydrogen (secondary N) is 1. The summed E-state index contributed by atoms with van der Waals surface area (Å²) in [6, 6.07) is 7.38. The van der Waals surface area contributed by atoms with E-state index in [2.05, 4.69) is 21.8 Å².